The monoisotopic (exact) mass is 257 g/mol. The van der Waals surface area contributed by atoms with Gasteiger partial charge >= 0.3 is 0 Å². The van der Waals surface area contributed by atoms with Crippen molar-refractivity contribution in [2.75, 3.05) is 5.32 Å². The Morgan fingerprint density at radius 2 is 2.07 bits per heavy atom. The number of aromatic nitrogens is 2. The van der Waals surface area contributed by atoms with Gasteiger partial charge in [0.05, 0.1) is 4.47 Å². The fourth-order valence-corrected chi connectivity index (χ4v) is 1.18. The molecule has 1 N–H and O–H groups in total. The lowest BCUT2D eigenvalue weighted by molar-refractivity contribution is 0.358. The lowest BCUT2D eigenvalue weighted by Crippen LogP contribution is -2.31. The molecular weight excluding hydrogens is 242 g/mol. The maximum atomic E-state index is 4.16. The third-order valence-electron chi connectivity index (χ3n) is 2.32. The van der Waals surface area contributed by atoms with Crippen LogP contribution in [0.15, 0.2) is 17.0 Å². The predicted octanol–water partition coefficient (Wildman–Crippen LogP) is 3.09. The summed E-state index contributed by atoms with van der Waals surface area (Å²) in [6.45, 7) is 8.73. The van der Waals surface area contributed by atoms with Crippen molar-refractivity contribution in [3.63, 3.8) is 0 Å². The summed E-state index contributed by atoms with van der Waals surface area (Å²) in [6.07, 6.45) is 3.28. The molecule has 0 radical (unpaired) electrons. The zero-order valence-corrected chi connectivity index (χ0v) is 10.6. The van der Waals surface area contributed by atoms with Gasteiger partial charge in [-0.05, 0) is 28.3 Å². The van der Waals surface area contributed by atoms with Gasteiger partial charge in [0.25, 0.3) is 0 Å². The van der Waals surface area contributed by atoms with E-state index in [9.17, 15) is 0 Å². The number of anilines is 1. The standard InChI is InChI=1S/C10H16BrN3/c1-7(10(2,3)4)14-9-8(11)5-12-6-13-9/h5-7H,1-4H3,(H,12,13,14). The van der Waals surface area contributed by atoms with E-state index in [1.807, 2.05) is 0 Å². The highest BCUT2D eigenvalue weighted by atomic mass is 79.9. The van der Waals surface area contributed by atoms with Gasteiger partial charge in [-0.1, -0.05) is 20.8 Å². The number of hydrogen-bond acceptors (Lipinski definition) is 3. The number of nitrogens with zero attached hydrogens (tertiary/aromatic N) is 2. The molecule has 0 aromatic carbocycles. The molecule has 14 heavy (non-hydrogen) atoms. The van der Waals surface area contributed by atoms with Gasteiger partial charge in [-0.2, -0.15) is 0 Å². The van der Waals surface area contributed by atoms with Gasteiger partial charge in [0.15, 0.2) is 0 Å². The minimum atomic E-state index is 0.213. The molecular formula is C10H16BrN3. The molecule has 1 unspecified atom stereocenters. The van der Waals surface area contributed by atoms with Gasteiger partial charge < -0.3 is 5.32 Å². The van der Waals surface area contributed by atoms with Gasteiger partial charge in [0.2, 0.25) is 0 Å². The largest absolute Gasteiger partial charge is 0.366 e. The molecule has 0 aliphatic carbocycles. The van der Waals surface area contributed by atoms with Crippen LogP contribution in [0, 0.1) is 5.41 Å². The van der Waals surface area contributed by atoms with E-state index in [2.05, 4.69) is 58.9 Å². The molecule has 1 atom stereocenters. The minimum Gasteiger partial charge on any atom is -0.366 e. The summed E-state index contributed by atoms with van der Waals surface area (Å²) in [5.74, 6) is 0.849. The van der Waals surface area contributed by atoms with Crippen molar-refractivity contribution >= 4 is 21.7 Å². The highest BCUT2D eigenvalue weighted by Gasteiger charge is 2.20. The normalized spacial score (nSPS) is 13.8. The summed E-state index contributed by atoms with van der Waals surface area (Å²) in [5, 5.41) is 3.35. The van der Waals surface area contributed by atoms with E-state index >= 15 is 0 Å². The third-order valence-corrected chi connectivity index (χ3v) is 2.90. The van der Waals surface area contributed by atoms with Crippen LogP contribution in [-0.4, -0.2) is 16.0 Å². The average Bonchev–Trinajstić information content (AvgIpc) is 2.07. The van der Waals surface area contributed by atoms with Gasteiger partial charge in [-0.25, -0.2) is 9.97 Å². The van der Waals surface area contributed by atoms with Crippen molar-refractivity contribution in [3.8, 4) is 0 Å². The Morgan fingerprint density at radius 1 is 1.43 bits per heavy atom. The molecule has 78 valence electrons. The molecule has 1 rings (SSSR count). The topological polar surface area (TPSA) is 37.8 Å². The summed E-state index contributed by atoms with van der Waals surface area (Å²) < 4.78 is 0.899. The maximum Gasteiger partial charge on any atom is 0.143 e. The molecule has 0 spiro atoms. The van der Waals surface area contributed by atoms with E-state index in [4.69, 9.17) is 0 Å². The lowest BCUT2D eigenvalue weighted by Gasteiger charge is -2.28. The molecule has 1 heterocycles. The molecule has 1 aromatic rings. The molecule has 4 heteroatoms. The summed E-state index contributed by atoms with van der Waals surface area (Å²) >= 11 is 3.40. The maximum absolute atomic E-state index is 4.16. The molecule has 0 saturated heterocycles. The zero-order valence-electron chi connectivity index (χ0n) is 9.00. The second kappa shape index (κ2) is 4.26. The first kappa shape index (κ1) is 11.4. The molecule has 0 fully saturated rings. The van der Waals surface area contributed by atoms with E-state index in [0.717, 1.165) is 10.3 Å². The summed E-state index contributed by atoms with van der Waals surface area (Å²) in [5.41, 5.74) is 0.213. The Morgan fingerprint density at radius 3 is 2.57 bits per heavy atom. The summed E-state index contributed by atoms with van der Waals surface area (Å²) in [6, 6.07) is 0.355. The second-order valence-electron chi connectivity index (χ2n) is 4.45. The molecule has 0 aliphatic rings. The van der Waals surface area contributed by atoms with Crippen LogP contribution in [0.3, 0.4) is 0 Å². The predicted molar refractivity (Wildman–Crippen MR) is 62.3 cm³/mol. The van der Waals surface area contributed by atoms with Crippen LogP contribution in [-0.2, 0) is 0 Å². The van der Waals surface area contributed by atoms with Crippen molar-refractivity contribution in [2.45, 2.75) is 33.7 Å². The summed E-state index contributed by atoms with van der Waals surface area (Å²) in [7, 11) is 0. The number of nitrogens with one attached hydrogen (secondary N) is 1. The van der Waals surface area contributed by atoms with E-state index in [0.29, 0.717) is 6.04 Å². The smallest absolute Gasteiger partial charge is 0.143 e. The van der Waals surface area contributed by atoms with E-state index in [1.54, 1.807) is 12.5 Å². The van der Waals surface area contributed by atoms with Crippen LogP contribution in [0.5, 0.6) is 0 Å². The SMILES string of the molecule is CC(Nc1ncncc1Br)C(C)(C)C. The second-order valence-corrected chi connectivity index (χ2v) is 5.31. The van der Waals surface area contributed by atoms with E-state index in [1.165, 1.54) is 0 Å². The van der Waals surface area contributed by atoms with Gasteiger partial charge in [-0.15, -0.1) is 0 Å². The highest BCUT2D eigenvalue weighted by Crippen LogP contribution is 2.25. The Labute approximate surface area is 93.5 Å². The zero-order chi connectivity index (χ0) is 10.8. The molecule has 0 aliphatic heterocycles. The van der Waals surface area contributed by atoms with Gasteiger partial charge in [0, 0.05) is 12.2 Å². The molecule has 3 nitrogen and oxygen atoms in total. The van der Waals surface area contributed by atoms with Crippen molar-refractivity contribution in [2.24, 2.45) is 5.41 Å². The van der Waals surface area contributed by atoms with Crippen molar-refractivity contribution in [1.29, 1.82) is 0 Å². The number of halogens is 1. The fourth-order valence-electron chi connectivity index (χ4n) is 0.840. The van der Waals surface area contributed by atoms with Crippen molar-refractivity contribution in [1.82, 2.24) is 9.97 Å². The first-order chi connectivity index (χ1) is 6.41. The Hall–Kier alpha value is -0.640. The highest BCUT2D eigenvalue weighted by molar-refractivity contribution is 9.10. The fraction of sp³-hybridized carbons (Fsp3) is 0.600. The quantitative estimate of drug-likeness (QED) is 0.885. The first-order valence-corrected chi connectivity index (χ1v) is 5.42. The van der Waals surface area contributed by atoms with Crippen LogP contribution in [0.2, 0.25) is 0 Å². The van der Waals surface area contributed by atoms with Crippen molar-refractivity contribution < 1.29 is 0 Å². The average molecular weight is 258 g/mol. The minimum absolute atomic E-state index is 0.213. The lowest BCUT2D eigenvalue weighted by atomic mass is 9.88. The Bertz CT molecular complexity index is 306. The molecule has 0 bridgehead atoms. The van der Waals surface area contributed by atoms with Gasteiger partial charge in [0.1, 0.15) is 12.1 Å². The summed E-state index contributed by atoms with van der Waals surface area (Å²) in [4.78, 5) is 8.08. The van der Waals surface area contributed by atoms with Gasteiger partial charge in [-0.3, -0.25) is 0 Å². The van der Waals surface area contributed by atoms with Crippen LogP contribution in [0.1, 0.15) is 27.7 Å². The van der Waals surface area contributed by atoms with E-state index in [-0.39, 0.29) is 5.41 Å². The van der Waals surface area contributed by atoms with Crippen LogP contribution < -0.4 is 5.32 Å². The molecule has 0 amide bonds. The third kappa shape index (κ3) is 2.94. The Balaban J connectivity index is 2.75. The van der Waals surface area contributed by atoms with Crippen LogP contribution in [0.4, 0.5) is 5.82 Å². The number of hydrogen-bond donors (Lipinski definition) is 1. The Kier molecular flexibility index (Phi) is 3.48. The number of rotatable bonds is 2. The molecule has 1 aromatic heterocycles. The van der Waals surface area contributed by atoms with Crippen molar-refractivity contribution in [3.05, 3.63) is 17.0 Å². The van der Waals surface area contributed by atoms with Crippen LogP contribution in [0.25, 0.3) is 0 Å². The molecule has 0 saturated carbocycles. The first-order valence-electron chi connectivity index (χ1n) is 4.63. The van der Waals surface area contributed by atoms with Crippen LogP contribution >= 0.6 is 15.9 Å². The van der Waals surface area contributed by atoms with E-state index < -0.39 is 0 Å².